The summed E-state index contributed by atoms with van der Waals surface area (Å²) < 4.78 is 0. The van der Waals surface area contributed by atoms with Crippen molar-refractivity contribution in [2.75, 3.05) is 26.2 Å². The molecule has 1 saturated heterocycles. The first-order chi connectivity index (χ1) is 9.81. The highest BCUT2D eigenvalue weighted by Crippen LogP contribution is 2.28. The zero-order valence-corrected chi connectivity index (χ0v) is 14.0. The summed E-state index contributed by atoms with van der Waals surface area (Å²) in [7, 11) is 0. The van der Waals surface area contributed by atoms with Crippen molar-refractivity contribution in [1.29, 1.82) is 0 Å². The van der Waals surface area contributed by atoms with Gasteiger partial charge in [-0.25, -0.2) is 0 Å². The number of piperidine rings is 1. The van der Waals surface area contributed by atoms with Crippen LogP contribution in [-0.4, -0.2) is 53.8 Å². The van der Waals surface area contributed by atoms with Gasteiger partial charge in [0.15, 0.2) is 0 Å². The molecule has 1 unspecified atom stereocenters. The maximum Gasteiger partial charge on any atom is 0.222 e. The van der Waals surface area contributed by atoms with Crippen LogP contribution in [-0.2, 0) is 9.59 Å². The Labute approximate surface area is 128 Å². The Morgan fingerprint density at radius 2 is 1.86 bits per heavy atom. The Kier molecular flexibility index (Phi) is 6.65. The molecule has 2 amide bonds. The van der Waals surface area contributed by atoms with E-state index in [0.717, 1.165) is 32.6 Å². The number of nitrogens with two attached hydrogens (primary N) is 1. The van der Waals surface area contributed by atoms with E-state index in [-0.39, 0.29) is 23.3 Å². The zero-order chi connectivity index (χ0) is 16.0. The summed E-state index contributed by atoms with van der Waals surface area (Å²) in [6.45, 7) is 11.1. The predicted molar refractivity (Wildman–Crippen MR) is 84.7 cm³/mol. The molecule has 1 heterocycles. The molecule has 1 aliphatic heterocycles. The summed E-state index contributed by atoms with van der Waals surface area (Å²) in [6.07, 6.45) is 2.41. The second kappa shape index (κ2) is 7.78. The minimum absolute atomic E-state index is 0.0229. The van der Waals surface area contributed by atoms with E-state index in [4.69, 9.17) is 5.73 Å². The van der Waals surface area contributed by atoms with Crippen molar-refractivity contribution in [1.82, 2.24) is 9.80 Å². The van der Waals surface area contributed by atoms with Gasteiger partial charge in [-0.1, -0.05) is 13.8 Å². The lowest BCUT2D eigenvalue weighted by atomic mass is 9.79. The lowest BCUT2D eigenvalue weighted by Crippen LogP contribution is -2.53. The molecule has 0 aliphatic carbocycles. The summed E-state index contributed by atoms with van der Waals surface area (Å²) in [6, 6.07) is 0.158. The SMILES string of the molecule is CCN(CC)C(=O)CCCC(=O)N1CCC(N)C(C)(C)C1. The van der Waals surface area contributed by atoms with Crippen LogP contribution in [0.25, 0.3) is 0 Å². The van der Waals surface area contributed by atoms with Crippen molar-refractivity contribution >= 4 is 11.8 Å². The monoisotopic (exact) mass is 297 g/mol. The van der Waals surface area contributed by atoms with Crippen LogP contribution >= 0.6 is 0 Å². The molecule has 122 valence electrons. The fourth-order valence-electron chi connectivity index (χ4n) is 2.87. The first-order valence-corrected chi connectivity index (χ1v) is 8.13. The number of carbonyl (C=O) groups is 2. The van der Waals surface area contributed by atoms with Crippen molar-refractivity contribution in [3.63, 3.8) is 0 Å². The van der Waals surface area contributed by atoms with Gasteiger partial charge in [-0.2, -0.15) is 0 Å². The molecule has 0 aromatic heterocycles. The molecule has 0 aromatic rings. The van der Waals surface area contributed by atoms with Crippen molar-refractivity contribution in [3.05, 3.63) is 0 Å². The Hall–Kier alpha value is -1.10. The average Bonchev–Trinajstić information content (AvgIpc) is 2.43. The van der Waals surface area contributed by atoms with E-state index < -0.39 is 0 Å². The molecule has 5 nitrogen and oxygen atoms in total. The Morgan fingerprint density at radius 1 is 1.24 bits per heavy atom. The van der Waals surface area contributed by atoms with Gasteiger partial charge in [0.2, 0.25) is 11.8 Å². The summed E-state index contributed by atoms with van der Waals surface area (Å²) >= 11 is 0. The molecular weight excluding hydrogens is 266 g/mol. The standard InChI is InChI=1S/C16H31N3O2/c1-5-18(6-2)14(20)8-7-9-15(21)19-11-10-13(17)16(3,4)12-19/h13H,5-12,17H2,1-4H3. The molecule has 1 aliphatic rings. The number of likely N-dealkylation sites (tertiary alicyclic amines) is 1. The number of rotatable bonds is 6. The van der Waals surface area contributed by atoms with Crippen molar-refractivity contribution < 1.29 is 9.59 Å². The molecule has 0 saturated carbocycles. The third-order valence-corrected chi connectivity index (χ3v) is 4.56. The topological polar surface area (TPSA) is 66.6 Å². The lowest BCUT2D eigenvalue weighted by molar-refractivity contribution is -0.135. The molecule has 0 aromatic carbocycles. The summed E-state index contributed by atoms with van der Waals surface area (Å²) in [5.41, 5.74) is 6.07. The summed E-state index contributed by atoms with van der Waals surface area (Å²) in [5.74, 6) is 0.302. The van der Waals surface area contributed by atoms with E-state index in [1.54, 1.807) is 0 Å². The van der Waals surface area contributed by atoms with Crippen molar-refractivity contribution in [3.8, 4) is 0 Å². The van der Waals surface area contributed by atoms with Gasteiger partial charge in [0, 0.05) is 45.1 Å². The van der Waals surface area contributed by atoms with E-state index in [9.17, 15) is 9.59 Å². The highest BCUT2D eigenvalue weighted by atomic mass is 16.2. The Bertz CT molecular complexity index is 365. The van der Waals surface area contributed by atoms with Crippen molar-refractivity contribution in [2.24, 2.45) is 11.1 Å². The molecule has 2 N–H and O–H groups in total. The molecule has 21 heavy (non-hydrogen) atoms. The number of hydrogen-bond acceptors (Lipinski definition) is 3. The van der Waals surface area contributed by atoms with Crippen LogP contribution in [0, 0.1) is 5.41 Å². The zero-order valence-electron chi connectivity index (χ0n) is 14.0. The van der Waals surface area contributed by atoms with Crippen LogP contribution in [0.5, 0.6) is 0 Å². The number of amides is 2. The van der Waals surface area contributed by atoms with Crippen LogP contribution in [0.15, 0.2) is 0 Å². The molecule has 1 fully saturated rings. The van der Waals surface area contributed by atoms with Gasteiger partial charge >= 0.3 is 0 Å². The maximum atomic E-state index is 12.2. The lowest BCUT2D eigenvalue weighted by Gasteiger charge is -2.42. The highest BCUT2D eigenvalue weighted by Gasteiger charge is 2.35. The van der Waals surface area contributed by atoms with E-state index in [1.165, 1.54) is 0 Å². The third-order valence-electron chi connectivity index (χ3n) is 4.56. The summed E-state index contributed by atoms with van der Waals surface area (Å²) in [4.78, 5) is 27.9. The average molecular weight is 297 g/mol. The number of hydrogen-bond donors (Lipinski definition) is 1. The van der Waals surface area contributed by atoms with Gasteiger partial charge in [-0.3, -0.25) is 9.59 Å². The van der Waals surface area contributed by atoms with E-state index in [1.807, 2.05) is 23.6 Å². The van der Waals surface area contributed by atoms with Crippen LogP contribution in [0.3, 0.4) is 0 Å². The largest absolute Gasteiger partial charge is 0.343 e. The van der Waals surface area contributed by atoms with Gasteiger partial charge in [0.1, 0.15) is 0 Å². The molecule has 1 atom stereocenters. The second-order valence-electron chi connectivity index (χ2n) is 6.62. The smallest absolute Gasteiger partial charge is 0.222 e. The Morgan fingerprint density at radius 3 is 2.38 bits per heavy atom. The van der Waals surface area contributed by atoms with Crippen molar-refractivity contribution in [2.45, 2.75) is 59.4 Å². The van der Waals surface area contributed by atoms with Gasteiger partial charge in [-0.15, -0.1) is 0 Å². The van der Waals surface area contributed by atoms with Crippen LogP contribution in [0.1, 0.15) is 53.4 Å². The fraction of sp³-hybridized carbons (Fsp3) is 0.875. The minimum atomic E-state index is -0.0229. The van der Waals surface area contributed by atoms with Crippen LogP contribution < -0.4 is 5.73 Å². The first-order valence-electron chi connectivity index (χ1n) is 8.13. The van der Waals surface area contributed by atoms with E-state index >= 15 is 0 Å². The number of nitrogens with zero attached hydrogens (tertiary/aromatic N) is 2. The molecule has 5 heteroatoms. The molecule has 1 rings (SSSR count). The fourth-order valence-corrected chi connectivity index (χ4v) is 2.87. The van der Waals surface area contributed by atoms with Gasteiger partial charge < -0.3 is 15.5 Å². The second-order valence-corrected chi connectivity index (χ2v) is 6.62. The van der Waals surface area contributed by atoms with Crippen LogP contribution in [0.4, 0.5) is 0 Å². The first kappa shape index (κ1) is 18.0. The maximum absolute atomic E-state index is 12.2. The van der Waals surface area contributed by atoms with E-state index in [0.29, 0.717) is 19.3 Å². The van der Waals surface area contributed by atoms with Gasteiger partial charge in [0.25, 0.3) is 0 Å². The quantitative estimate of drug-likeness (QED) is 0.810. The van der Waals surface area contributed by atoms with E-state index in [2.05, 4.69) is 13.8 Å². The predicted octanol–water partition coefficient (Wildman–Crippen LogP) is 1.61. The molecule has 0 bridgehead atoms. The number of carbonyl (C=O) groups excluding carboxylic acids is 2. The van der Waals surface area contributed by atoms with Crippen LogP contribution in [0.2, 0.25) is 0 Å². The summed E-state index contributed by atoms with van der Waals surface area (Å²) in [5, 5.41) is 0. The highest BCUT2D eigenvalue weighted by molar-refractivity contribution is 5.79. The van der Waals surface area contributed by atoms with Gasteiger partial charge in [0.05, 0.1) is 0 Å². The third kappa shape index (κ3) is 4.99. The Balaban J connectivity index is 2.36. The molecule has 0 spiro atoms. The molecule has 0 radical (unpaired) electrons. The van der Waals surface area contributed by atoms with Gasteiger partial charge in [-0.05, 0) is 32.1 Å². The molecular formula is C16H31N3O2. The minimum Gasteiger partial charge on any atom is -0.343 e. The normalized spacial score (nSPS) is 21.2.